The van der Waals surface area contributed by atoms with E-state index in [1.807, 2.05) is 23.7 Å². The van der Waals surface area contributed by atoms with Crippen molar-refractivity contribution in [1.29, 1.82) is 0 Å². The second kappa shape index (κ2) is 9.50. The Kier molecular flexibility index (Phi) is 6.44. The molecule has 1 fully saturated rings. The van der Waals surface area contributed by atoms with Crippen molar-refractivity contribution in [2.24, 2.45) is 7.05 Å². The average molecular weight is 481 g/mol. The Bertz CT molecular complexity index is 1310. The van der Waals surface area contributed by atoms with Crippen LogP contribution in [0.4, 0.5) is 0 Å². The van der Waals surface area contributed by atoms with Gasteiger partial charge in [-0.2, -0.15) is 4.31 Å². The van der Waals surface area contributed by atoms with Crippen LogP contribution in [0, 0.1) is 0 Å². The molecule has 7 nitrogen and oxygen atoms in total. The number of aryl methyl sites for hydroxylation is 3. The smallest absolute Gasteiger partial charge is 0.243 e. The minimum Gasteiger partial charge on any atom is -0.349 e. The molecule has 1 aliphatic heterocycles. The molecule has 8 heteroatoms. The number of rotatable bonds is 6. The third-order valence-corrected chi connectivity index (χ3v) is 9.07. The number of imidazole rings is 1. The Morgan fingerprint density at radius 2 is 1.88 bits per heavy atom. The summed E-state index contributed by atoms with van der Waals surface area (Å²) in [5.74, 6) is 0.795. The molecule has 1 atom stereocenters. The van der Waals surface area contributed by atoms with Gasteiger partial charge in [-0.05, 0) is 61.4 Å². The molecule has 1 aliphatic carbocycles. The predicted octanol–water partition coefficient (Wildman–Crippen LogP) is 3.87. The van der Waals surface area contributed by atoms with Crippen LogP contribution in [0.15, 0.2) is 47.4 Å². The molecule has 1 amide bonds. The van der Waals surface area contributed by atoms with E-state index in [0.29, 0.717) is 36.3 Å². The fraction of sp³-hybridized carbons (Fsp3) is 0.462. The fourth-order valence-corrected chi connectivity index (χ4v) is 6.80. The van der Waals surface area contributed by atoms with Crippen LogP contribution in [0.3, 0.4) is 0 Å². The van der Waals surface area contributed by atoms with Gasteiger partial charge in [0.25, 0.3) is 0 Å². The lowest BCUT2D eigenvalue weighted by Crippen LogP contribution is -2.35. The summed E-state index contributed by atoms with van der Waals surface area (Å²) in [5.41, 5.74) is 4.07. The first kappa shape index (κ1) is 23.1. The van der Waals surface area contributed by atoms with Crippen molar-refractivity contribution in [2.45, 2.75) is 62.3 Å². The van der Waals surface area contributed by atoms with Crippen LogP contribution in [0.25, 0.3) is 11.0 Å². The van der Waals surface area contributed by atoms with Crippen molar-refractivity contribution in [1.82, 2.24) is 19.2 Å². The van der Waals surface area contributed by atoms with Gasteiger partial charge in [0, 0.05) is 33.0 Å². The summed E-state index contributed by atoms with van der Waals surface area (Å²) in [5, 5.41) is 3.20. The zero-order valence-corrected chi connectivity index (χ0v) is 20.5. The number of amides is 1. The third-order valence-electron chi connectivity index (χ3n) is 7.18. The lowest BCUT2D eigenvalue weighted by atomic mass is 9.87. The molecule has 2 aliphatic rings. The summed E-state index contributed by atoms with van der Waals surface area (Å²) >= 11 is 0. The summed E-state index contributed by atoms with van der Waals surface area (Å²) in [7, 11) is -1.59. The molecule has 1 unspecified atom stereocenters. The van der Waals surface area contributed by atoms with Gasteiger partial charge in [0.1, 0.15) is 5.82 Å². The number of hydrogen-bond acceptors (Lipinski definition) is 4. The number of piperidine rings is 1. The maximum Gasteiger partial charge on any atom is 0.243 e. The largest absolute Gasteiger partial charge is 0.349 e. The van der Waals surface area contributed by atoms with Crippen LogP contribution >= 0.6 is 0 Å². The highest BCUT2D eigenvalue weighted by molar-refractivity contribution is 7.89. The van der Waals surface area contributed by atoms with Crippen molar-refractivity contribution >= 4 is 27.0 Å². The van der Waals surface area contributed by atoms with E-state index in [1.165, 1.54) is 11.1 Å². The van der Waals surface area contributed by atoms with Gasteiger partial charge in [-0.25, -0.2) is 13.4 Å². The number of aromatic nitrogens is 2. The molecule has 3 aromatic rings. The lowest BCUT2D eigenvalue weighted by molar-refractivity contribution is -0.121. The van der Waals surface area contributed by atoms with Crippen molar-refractivity contribution in [3.05, 3.63) is 59.4 Å². The second-order valence-electron chi connectivity index (χ2n) is 9.41. The molecule has 2 heterocycles. The van der Waals surface area contributed by atoms with E-state index in [4.69, 9.17) is 0 Å². The molecule has 1 saturated heterocycles. The zero-order valence-electron chi connectivity index (χ0n) is 19.7. The number of nitrogens with one attached hydrogen (secondary N) is 1. The standard InChI is InChI=1S/C26H32N4O3S/c1-29-24-13-12-20(34(32,33)30-16-5-2-6-17-30)18-23(24)27-25(29)14-15-26(31)28-22-11-7-9-19-8-3-4-10-21(19)22/h3-4,8,10,12-13,18,22H,2,5-7,9,11,14-17H2,1H3,(H,28,31). The van der Waals surface area contributed by atoms with Gasteiger partial charge in [-0.15, -0.1) is 0 Å². The first-order valence-corrected chi connectivity index (χ1v) is 13.7. The van der Waals surface area contributed by atoms with Crippen LogP contribution in [0.2, 0.25) is 0 Å². The Balaban J connectivity index is 1.28. The van der Waals surface area contributed by atoms with Gasteiger partial charge >= 0.3 is 0 Å². The van der Waals surface area contributed by atoms with Crippen LogP contribution < -0.4 is 5.32 Å². The molecule has 0 bridgehead atoms. The van der Waals surface area contributed by atoms with E-state index in [2.05, 4.69) is 28.5 Å². The van der Waals surface area contributed by atoms with Crippen molar-refractivity contribution in [2.75, 3.05) is 13.1 Å². The number of benzene rings is 2. The number of sulfonamides is 1. The highest BCUT2D eigenvalue weighted by Gasteiger charge is 2.27. The van der Waals surface area contributed by atoms with Crippen molar-refractivity contribution < 1.29 is 13.2 Å². The summed E-state index contributed by atoms with van der Waals surface area (Å²) < 4.78 is 29.6. The predicted molar refractivity (Wildman–Crippen MR) is 132 cm³/mol. The summed E-state index contributed by atoms with van der Waals surface area (Å²) in [6.45, 7) is 1.16. The Hall–Kier alpha value is -2.71. The van der Waals surface area contributed by atoms with Crippen LogP contribution in [-0.4, -0.2) is 41.3 Å². The fourth-order valence-electron chi connectivity index (χ4n) is 5.26. The van der Waals surface area contributed by atoms with Gasteiger partial charge in [-0.1, -0.05) is 30.7 Å². The second-order valence-corrected chi connectivity index (χ2v) is 11.4. The SMILES string of the molecule is Cn1c(CCC(=O)NC2CCCc3ccccc32)nc2cc(S(=O)(=O)N3CCCCC3)ccc21. The number of hydrogen-bond donors (Lipinski definition) is 1. The molecule has 5 rings (SSSR count). The van der Waals surface area contributed by atoms with E-state index >= 15 is 0 Å². The van der Waals surface area contributed by atoms with Gasteiger partial charge in [0.05, 0.1) is 22.0 Å². The third kappa shape index (κ3) is 4.49. The number of carbonyl (C=O) groups excluding carboxylic acids is 1. The minimum atomic E-state index is -3.50. The van der Waals surface area contributed by atoms with Gasteiger partial charge < -0.3 is 9.88 Å². The van der Waals surface area contributed by atoms with E-state index in [9.17, 15) is 13.2 Å². The highest BCUT2D eigenvalue weighted by Crippen LogP contribution is 2.29. The maximum atomic E-state index is 13.1. The summed E-state index contributed by atoms with van der Waals surface area (Å²) in [4.78, 5) is 17.7. The maximum absolute atomic E-state index is 13.1. The molecule has 2 aromatic carbocycles. The summed E-state index contributed by atoms with van der Waals surface area (Å²) in [6, 6.07) is 13.6. The van der Waals surface area contributed by atoms with E-state index < -0.39 is 10.0 Å². The van der Waals surface area contributed by atoms with E-state index in [0.717, 1.165) is 49.9 Å². The lowest BCUT2D eigenvalue weighted by Gasteiger charge is -2.26. The summed E-state index contributed by atoms with van der Waals surface area (Å²) in [6.07, 6.45) is 6.84. The van der Waals surface area contributed by atoms with E-state index in [1.54, 1.807) is 16.4 Å². The topological polar surface area (TPSA) is 84.3 Å². The Morgan fingerprint density at radius 1 is 1.09 bits per heavy atom. The van der Waals surface area contributed by atoms with Gasteiger partial charge in [0.15, 0.2) is 0 Å². The highest BCUT2D eigenvalue weighted by atomic mass is 32.2. The molecule has 0 radical (unpaired) electrons. The number of carbonyl (C=O) groups is 1. The minimum absolute atomic E-state index is 0.0159. The molecule has 0 saturated carbocycles. The molecule has 1 N–H and O–H groups in total. The first-order valence-electron chi connectivity index (χ1n) is 12.3. The van der Waals surface area contributed by atoms with Crippen molar-refractivity contribution in [3.8, 4) is 0 Å². The van der Waals surface area contributed by atoms with Crippen LogP contribution in [0.1, 0.15) is 61.5 Å². The molecular formula is C26H32N4O3S. The monoisotopic (exact) mass is 480 g/mol. The average Bonchev–Trinajstić information content (AvgIpc) is 3.18. The first-order chi connectivity index (χ1) is 16.4. The Morgan fingerprint density at radius 3 is 2.71 bits per heavy atom. The van der Waals surface area contributed by atoms with Gasteiger partial charge in [-0.3, -0.25) is 4.79 Å². The molecule has 180 valence electrons. The van der Waals surface area contributed by atoms with Crippen molar-refractivity contribution in [3.63, 3.8) is 0 Å². The number of fused-ring (bicyclic) bond motifs is 2. The molecule has 34 heavy (non-hydrogen) atoms. The normalized spacial score (nSPS) is 19.1. The van der Waals surface area contributed by atoms with Crippen LogP contribution in [-0.2, 0) is 34.7 Å². The van der Waals surface area contributed by atoms with Crippen LogP contribution in [0.5, 0.6) is 0 Å². The van der Waals surface area contributed by atoms with Gasteiger partial charge in [0.2, 0.25) is 15.9 Å². The molecule has 0 spiro atoms. The zero-order chi connectivity index (χ0) is 23.7. The molecule has 1 aromatic heterocycles. The van der Waals surface area contributed by atoms with E-state index in [-0.39, 0.29) is 11.9 Å². The quantitative estimate of drug-likeness (QED) is 0.580. The number of nitrogens with zero attached hydrogens (tertiary/aromatic N) is 3. The Labute approximate surface area is 201 Å². The molecular weight excluding hydrogens is 448 g/mol.